The Morgan fingerprint density at radius 3 is 2.26 bits per heavy atom. The Bertz CT molecular complexity index is 1380. The predicted octanol–water partition coefficient (Wildman–Crippen LogP) is 2.93. The van der Waals surface area contributed by atoms with Crippen LogP contribution in [0.25, 0.3) is 22.0 Å². The molecule has 0 radical (unpaired) electrons. The number of rotatable bonds is 4. The predicted molar refractivity (Wildman–Crippen MR) is 123 cm³/mol. The zero-order chi connectivity index (χ0) is 23.7. The third-order valence-electron chi connectivity index (χ3n) is 5.97. The topological polar surface area (TPSA) is 99.3 Å². The Labute approximate surface area is 194 Å². The van der Waals surface area contributed by atoms with Crippen molar-refractivity contribution in [1.82, 2.24) is 24.8 Å². The number of aromatic nitrogens is 3. The van der Waals surface area contributed by atoms with E-state index in [2.05, 4.69) is 15.0 Å². The summed E-state index contributed by atoms with van der Waals surface area (Å²) in [7, 11) is 0. The largest absolute Gasteiger partial charge is 0.360 e. The molecule has 0 aliphatic carbocycles. The van der Waals surface area contributed by atoms with Crippen LogP contribution in [0.3, 0.4) is 0 Å². The van der Waals surface area contributed by atoms with Crippen LogP contribution in [-0.4, -0.2) is 68.5 Å². The highest BCUT2D eigenvalue weighted by Gasteiger charge is 2.31. The number of aromatic amines is 1. The van der Waals surface area contributed by atoms with Gasteiger partial charge in [0.1, 0.15) is 12.1 Å². The third kappa shape index (κ3) is 3.81. The van der Waals surface area contributed by atoms with Crippen molar-refractivity contribution < 1.29 is 18.8 Å². The van der Waals surface area contributed by atoms with E-state index in [1.807, 2.05) is 6.07 Å². The molecule has 8 nitrogen and oxygen atoms in total. The summed E-state index contributed by atoms with van der Waals surface area (Å²) in [6.07, 6.45) is 5.92. The Hall–Kier alpha value is -4.40. The monoisotopic (exact) mass is 457 g/mol. The second kappa shape index (κ2) is 8.86. The number of benzene rings is 2. The van der Waals surface area contributed by atoms with Gasteiger partial charge in [-0.3, -0.25) is 14.4 Å². The van der Waals surface area contributed by atoms with Crippen molar-refractivity contribution >= 4 is 28.5 Å². The molecule has 0 unspecified atom stereocenters. The molecule has 1 saturated heterocycles. The Morgan fingerprint density at radius 1 is 0.882 bits per heavy atom. The SMILES string of the molecule is O=C(C(=O)N1CCN(C(=O)c2ccccc2)CC1)c1c[nH]c2c(-c3cncnc3)ccc(F)c12. The summed E-state index contributed by atoms with van der Waals surface area (Å²) in [5, 5.41) is 0.0533. The number of carbonyl (C=O) groups excluding carboxylic acids is 3. The van der Waals surface area contributed by atoms with Crippen molar-refractivity contribution in [3.8, 4) is 11.1 Å². The minimum atomic E-state index is -0.797. The molecular formula is C25H20FN5O3. The quantitative estimate of drug-likeness (QED) is 0.375. The number of carbonyl (C=O) groups is 3. The van der Waals surface area contributed by atoms with Crippen molar-refractivity contribution in [3.05, 3.63) is 84.3 Å². The van der Waals surface area contributed by atoms with Crippen molar-refractivity contribution in [2.75, 3.05) is 26.2 Å². The van der Waals surface area contributed by atoms with Gasteiger partial charge in [0.15, 0.2) is 0 Å². The molecule has 1 N–H and O–H groups in total. The molecule has 2 amide bonds. The molecule has 0 saturated carbocycles. The first-order chi connectivity index (χ1) is 16.5. The molecule has 0 bridgehead atoms. The molecule has 170 valence electrons. The van der Waals surface area contributed by atoms with Gasteiger partial charge in [-0.25, -0.2) is 14.4 Å². The van der Waals surface area contributed by atoms with E-state index in [9.17, 15) is 18.8 Å². The second-order valence-electron chi connectivity index (χ2n) is 7.95. The standard InChI is InChI=1S/C25H20FN5O3/c26-20-7-6-18(17-12-27-15-28-13-17)22-21(20)19(14-29-22)23(32)25(34)31-10-8-30(9-11-31)24(33)16-4-2-1-3-5-16/h1-7,12-15,29H,8-11H2. The number of ketones is 1. The summed E-state index contributed by atoms with van der Waals surface area (Å²) >= 11 is 0. The average Bonchev–Trinajstić information content (AvgIpc) is 3.35. The minimum Gasteiger partial charge on any atom is -0.360 e. The highest BCUT2D eigenvalue weighted by molar-refractivity contribution is 6.45. The Balaban J connectivity index is 1.35. The van der Waals surface area contributed by atoms with Gasteiger partial charge in [-0.05, 0) is 24.3 Å². The van der Waals surface area contributed by atoms with E-state index in [-0.39, 0.29) is 29.9 Å². The lowest BCUT2D eigenvalue weighted by Crippen LogP contribution is -2.52. The van der Waals surface area contributed by atoms with Crippen LogP contribution in [-0.2, 0) is 4.79 Å². The maximum atomic E-state index is 14.8. The Morgan fingerprint density at radius 2 is 1.56 bits per heavy atom. The number of nitrogens with one attached hydrogen (secondary N) is 1. The van der Waals surface area contributed by atoms with Crippen LogP contribution in [0.15, 0.2) is 67.4 Å². The van der Waals surface area contributed by atoms with E-state index in [1.165, 1.54) is 23.5 Å². The number of halogens is 1. The van der Waals surface area contributed by atoms with Gasteiger partial charge in [0, 0.05) is 66.8 Å². The van der Waals surface area contributed by atoms with Crippen molar-refractivity contribution in [1.29, 1.82) is 0 Å². The summed E-state index contributed by atoms with van der Waals surface area (Å²) in [6.45, 7) is 1.07. The number of fused-ring (bicyclic) bond motifs is 1. The first-order valence-electron chi connectivity index (χ1n) is 10.8. The third-order valence-corrected chi connectivity index (χ3v) is 5.97. The number of nitrogens with zero attached hydrogens (tertiary/aromatic N) is 4. The fourth-order valence-corrected chi connectivity index (χ4v) is 4.20. The van der Waals surface area contributed by atoms with Gasteiger partial charge in [-0.2, -0.15) is 0 Å². The molecule has 34 heavy (non-hydrogen) atoms. The number of H-pyrrole nitrogens is 1. The highest BCUT2D eigenvalue weighted by Crippen LogP contribution is 2.31. The summed E-state index contributed by atoms with van der Waals surface area (Å²) in [5.74, 6) is -2.24. The van der Waals surface area contributed by atoms with E-state index in [1.54, 1.807) is 47.6 Å². The van der Waals surface area contributed by atoms with Crippen LogP contribution in [0.1, 0.15) is 20.7 Å². The molecule has 0 atom stereocenters. The van der Waals surface area contributed by atoms with Gasteiger partial charge in [-0.15, -0.1) is 0 Å². The fourth-order valence-electron chi connectivity index (χ4n) is 4.20. The molecular weight excluding hydrogens is 437 g/mol. The molecule has 5 rings (SSSR count). The van der Waals surface area contributed by atoms with Crippen LogP contribution in [0, 0.1) is 5.82 Å². The normalized spacial score (nSPS) is 13.8. The van der Waals surface area contributed by atoms with Crippen molar-refractivity contribution in [3.63, 3.8) is 0 Å². The number of piperazine rings is 1. The first kappa shape index (κ1) is 21.4. The maximum absolute atomic E-state index is 14.8. The summed E-state index contributed by atoms with van der Waals surface area (Å²) in [6, 6.07) is 11.7. The molecule has 1 aliphatic rings. The van der Waals surface area contributed by atoms with E-state index >= 15 is 0 Å². The van der Waals surface area contributed by atoms with Gasteiger partial charge in [0.2, 0.25) is 0 Å². The lowest BCUT2D eigenvalue weighted by atomic mass is 10.0. The number of hydrogen-bond acceptors (Lipinski definition) is 5. The molecule has 9 heteroatoms. The van der Waals surface area contributed by atoms with Crippen molar-refractivity contribution in [2.45, 2.75) is 0 Å². The minimum absolute atomic E-state index is 0.0287. The Kier molecular flexibility index (Phi) is 5.59. The second-order valence-corrected chi connectivity index (χ2v) is 7.95. The van der Waals surface area contributed by atoms with Crippen LogP contribution in [0.2, 0.25) is 0 Å². The van der Waals surface area contributed by atoms with E-state index in [0.717, 1.165) is 0 Å². The van der Waals surface area contributed by atoms with Gasteiger partial charge >= 0.3 is 0 Å². The van der Waals surface area contributed by atoms with E-state index in [0.29, 0.717) is 35.3 Å². The molecule has 4 aromatic rings. The van der Waals surface area contributed by atoms with Gasteiger partial charge in [0.05, 0.1) is 11.1 Å². The van der Waals surface area contributed by atoms with Gasteiger partial charge in [0.25, 0.3) is 17.6 Å². The number of Topliss-reactive ketones (excluding diaryl/α,β-unsaturated/α-hetero) is 1. The van der Waals surface area contributed by atoms with E-state index in [4.69, 9.17) is 0 Å². The molecule has 2 aromatic carbocycles. The fraction of sp³-hybridized carbons (Fsp3) is 0.160. The summed E-state index contributed by atoms with van der Waals surface area (Å²) in [4.78, 5) is 52.6. The summed E-state index contributed by atoms with van der Waals surface area (Å²) in [5.41, 5.74) is 2.21. The molecule has 3 heterocycles. The van der Waals surface area contributed by atoms with Crippen LogP contribution in [0.5, 0.6) is 0 Å². The van der Waals surface area contributed by atoms with Crippen LogP contribution >= 0.6 is 0 Å². The average molecular weight is 457 g/mol. The highest BCUT2D eigenvalue weighted by atomic mass is 19.1. The molecule has 2 aromatic heterocycles. The molecule has 0 spiro atoms. The zero-order valence-corrected chi connectivity index (χ0v) is 18.1. The number of hydrogen-bond donors (Lipinski definition) is 1. The molecule has 1 fully saturated rings. The van der Waals surface area contributed by atoms with E-state index < -0.39 is 17.5 Å². The van der Waals surface area contributed by atoms with Gasteiger partial charge < -0.3 is 14.8 Å². The zero-order valence-electron chi connectivity index (χ0n) is 18.1. The maximum Gasteiger partial charge on any atom is 0.295 e. The lowest BCUT2D eigenvalue weighted by molar-refractivity contribution is -0.127. The lowest BCUT2D eigenvalue weighted by Gasteiger charge is -2.34. The van der Waals surface area contributed by atoms with Crippen molar-refractivity contribution in [2.24, 2.45) is 0 Å². The summed E-state index contributed by atoms with van der Waals surface area (Å²) < 4.78 is 14.8. The molecule has 1 aliphatic heterocycles. The van der Waals surface area contributed by atoms with Crippen LogP contribution in [0.4, 0.5) is 4.39 Å². The van der Waals surface area contributed by atoms with Crippen LogP contribution < -0.4 is 0 Å². The van der Waals surface area contributed by atoms with Gasteiger partial charge in [-0.1, -0.05) is 18.2 Å². The number of amides is 2. The first-order valence-corrected chi connectivity index (χ1v) is 10.8. The smallest absolute Gasteiger partial charge is 0.295 e.